The third-order valence-electron chi connectivity index (χ3n) is 1.83. The van der Waals surface area contributed by atoms with Gasteiger partial charge in [0.1, 0.15) is 5.76 Å². The molecule has 0 aromatic carbocycles. The number of hydrogen-bond donors (Lipinski definition) is 1. The summed E-state index contributed by atoms with van der Waals surface area (Å²) in [5.74, 6) is 0.798. The average Bonchev–Trinajstić information content (AvgIpc) is 2.61. The van der Waals surface area contributed by atoms with Crippen LogP contribution in [0.3, 0.4) is 0 Å². The summed E-state index contributed by atoms with van der Waals surface area (Å²) in [7, 11) is 0. The molecule has 1 atom stereocenters. The van der Waals surface area contributed by atoms with E-state index in [-0.39, 0.29) is 6.04 Å². The second-order valence-electron chi connectivity index (χ2n) is 3.03. The summed E-state index contributed by atoms with van der Waals surface area (Å²) in [4.78, 5) is 5.33. The largest absolute Gasteiger partial charge is 0.494 e. The van der Waals surface area contributed by atoms with Crippen molar-refractivity contribution in [3.8, 4) is 0 Å². The Morgan fingerprint density at radius 3 is 2.65 bits per heavy atom. The molecular formula is C13H22N2OS. The van der Waals surface area contributed by atoms with Crippen molar-refractivity contribution >= 4 is 16.9 Å². The van der Waals surface area contributed by atoms with E-state index in [1.54, 1.807) is 6.08 Å². The summed E-state index contributed by atoms with van der Waals surface area (Å²) in [6, 6.07) is 0.128. The summed E-state index contributed by atoms with van der Waals surface area (Å²) < 4.78 is 5.44. The SMILES string of the molecule is C=C/C=C(\C=C1\SC(N)=NC1C)OCC.CC. The third-order valence-corrected chi connectivity index (χ3v) is 2.84. The minimum absolute atomic E-state index is 0.128. The molecule has 0 amide bonds. The monoisotopic (exact) mass is 254 g/mol. The van der Waals surface area contributed by atoms with Crippen LogP contribution < -0.4 is 5.73 Å². The van der Waals surface area contributed by atoms with Crippen molar-refractivity contribution in [1.82, 2.24) is 0 Å². The molecule has 0 aromatic rings. The topological polar surface area (TPSA) is 47.6 Å². The fourth-order valence-corrected chi connectivity index (χ4v) is 2.05. The highest BCUT2D eigenvalue weighted by atomic mass is 32.2. The number of ether oxygens (including phenoxy) is 1. The number of nitrogens with zero attached hydrogens (tertiary/aromatic N) is 1. The van der Waals surface area contributed by atoms with Gasteiger partial charge in [0.2, 0.25) is 0 Å². The zero-order valence-corrected chi connectivity index (χ0v) is 11.9. The highest BCUT2D eigenvalue weighted by Gasteiger charge is 2.18. The lowest BCUT2D eigenvalue weighted by molar-refractivity contribution is 0.242. The van der Waals surface area contributed by atoms with Crippen LogP contribution in [0.4, 0.5) is 0 Å². The van der Waals surface area contributed by atoms with Gasteiger partial charge in [-0.2, -0.15) is 0 Å². The first-order chi connectivity index (χ1) is 8.17. The molecule has 2 N–H and O–H groups in total. The second kappa shape index (κ2) is 8.93. The first kappa shape index (κ1) is 15.8. The van der Waals surface area contributed by atoms with E-state index in [2.05, 4.69) is 11.6 Å². The van der Waals surface area contributed by atoms with Crippen molar-refractivity contribution < 1.29 is 4.74 Å². The number of hydrogen-bond acceptors (Lipinski definition) is 4. The molecule has 0 radical (unpaired) electrons. The first-order valence-electron chi connectivity index (χ1n) is 5.85. The zero-order chi connectivity index (χ0) is 13.3. The van der Waals surface area contributed by atoms with Gasteiger partial charge in [0.15, 0.2) is 5.17 Å². The van der Waals surface area contributed by atoms with Crippen molar-refractivity contribution in [2.45, 2.75) is 33.7 Å². The molecule has 3 nitrogen and oxygen atoms in total. The van der Waals surface area contributed by atoms with Crippen LogP contribution in [0.15, 0.2) is 40.5 Å². The van der Waals surface area contributed by atoms with Gasteiger partial charge in [-0.15, -0.1) is 0 Å². The van der Waals surface area contributed by atoms with E-state index in [0.717, 1.165) is 10.7 Å². The van der Waals surface area contributed by atoms with Crippen molar-refractivity contribution in [3.05, 3.63) is 35.5 Å². The predicted molar refractivity (Wildman–Crippen MR) is 78.0 cm³/mol. The minimum atomic E-state index is 0.128. The van der Waals surface area contributed by atoms with E-state index in [1.165, 1.54) is 11.8 Å². The quantitative estimate of drug-likeness (QED) is 0.617. The van der Waals surface area contributed by atoms with Crippen LogP contribution >= 0.6 is 11.8 Å². The molecule has 0 fully saturated rings. The Hall–Kier alpha value is -1.16. The maximum atomic E-state index is 5.63. The minimum Gasteiger partial charge on any atom is -0.494 e. The van der Waals surface area contributed by atoms with Crippen LogP contribution in [0.1, 0.15) is 27.7 Å². The lowest BCUT2D eigenvalue weighted by Crippen LogP contribution is -2.01. The maximum absolute atomic E-state index is 5.63. The summed E-state index contributed by atoms with van der Waals surface area (Å²) >= 11 is 1.49. The van der Waals surface area contributed by atoms with E-state index in [1.807, 2.05) is 39.8 Å². The standard InChI is InChI=1S/C11H16N2OS.C2H6/c1-4-6-9(14-5-2)7-10-8(3)13-11(12)15-10;1-2/h4,6-8H,1,5H2,2-3H3,(H2,12,13);1-2H3/b9-6+,10-7+;. The summed E-state index contributed by atoms with van der Waals surface area (Å²) in [6.07, 6.45) is 5.50. The van der Waals surface area contributed by atoms with Crippen LogP contribution in [0.5, 0.6) is 0 Å². The highest BCUT2D eigenvalue weighted by molar-refractivity contribution is 8.17. The lowest BCUT2D eigenvalue weighted by Gasteiger charge is -2.06. The van der Waals surface area contributed by atoms with Crippen LogP contribution in [-0.2, 0) is 4.74 Å². The Bertz CT molecular complexity index is 332. The van der Waals surface area contributed by atoms with Gasteiger partial charge in [-0.05, 0) is 26.0 Å². The summed E-state index contributed by atoms with van der Waals surface area (Å²) in [5.41, 5.74) is 5.63. The van der Waals surface area contributed by atoms with Gasteiger partial charge in [-0.25, -0.2) is 0 Å². The Kier molecular flexibility index (Phi) is 8.32. The Balaban J connectivity index is 0.00000121. The Morgan fingerprint density at radius 2 is 2.24 bits per heavy atom. The van der Waals surface area contributed by atoms with Crippen molar-refractivity contribution in [2.75, 3.05) is 6.61 Å². The number of thioether (sulfide) groups is 1. The molecule has 0 saturated heterocycles. The van der Waals surface area contributed by atoms with Gasteiger partial charge < -0.3 is 10.5 Å². The molecule has 4 heteroatoms. The molecule has 96 valence electrons. The van der Waals surface area contributed by atoms with Gasteiger partial charge in [-0.3, -0.25) is 4.99 Å². The van der Waals surface area contributed by atoms with Crippen LogP contribution in [0, 0.1) is 0 Å². The Morgan fingerprint density at radius 1 is 1.59 bits per heavy atom. The van der Waals surface area contributed by atoms with Crippen molar-refractivity contribution in [1.29, 1.82) is 0 Å². The molecule has 1 unspecified atom stereocenters. The molecule has 0 aromatic heterocycles. The van der Waals surface area contributed by atoms with Gasteiger partial charge in [0, 0.05) is 4.91 Å². The van der Waals surface area contributed by atoms with Gasteiger partial charge in [0.05, 0.1) is 12.6 Å². The molecule has 17 heavy (non-hydrogen) atoms. The molecule has 0 spiro atoms. The normalized spacial score (nSPS) is 21.6. The molecule has 1 rings (SSSR count). The lowest BCUT2D eigenvalue weighted by atomic mass is 10.3. The fourth-order valence-electron chi connectivity index (χ4n) is 1.20. The molecule has 1 aliphatic rings. The number of nitrogens with two attached hydrogens (primary N) is 1. The second-order valence-corrected chi connectivity index (χ2v) is 4.12. The Labute approximate surface area is 109 Å². The molecule has 0 saturated carbocycles. The molecule has 0 aliphatic carbocycles. The maximum Gasteiger partial charge on any atom is 0.159 e. The molecular weight excluding hydrogens is 232 g/mol. The van der Waals surface area contributed by atoms with E-state index >= 15 is 0 Å². The number of aliphatic imine (C=N–C) groups is 1. The first-order valence-corrected chi connectivity index (χ1v) is 6.67. The summed E-state index contributed by atoms with van der Waals surface area (Å²) in [6.45, 7) is 12.2. The number of allylic oxidation sites excluding steroid dienone is 3. The third kappa shape index (κ3) is 5.63. The zero-order valence-electron chi connectivity index (χ0n) is 11.1. The van der Waals surface area contributed by atoms with Crippen molar-refractivity contribution in [2.24, 2.45) is 10.7 Å². The number of rotatable bonds is 4. The van der Waals surface area contributed by atoms with Crippen LogP contribution in [0.25, 0.3) is 0 Å². The van der Waals surface area contributed by atoms with Crippen LogP contribution in [-0.4, -0.2) is 17.8 Å². The molecule has 0 bridgehead atoms. The number of amidine groups is 1. The van der Waals surface area contributed by atoms with Crippen LogP contribution in [0.2, 0.25) is 0 Å². The van der Waals surface area contributed by atoms with Gasteiger partial charge in [-0.1, -0.05) is 38.3 Å². The van der Waals surface area contributed by atoms with E-state index < -0.39 is 0 Å². The van der Waals surface area contributed by atoms with Crippen molar-refractivity contribution in [3.63, 3.8) is 0 Å². The highest BCUT2D eigenvalue weighted by Crippen LogP contribution is 2.29. The molecule has 1 heterocycles. The van der Waals surface area contributed by atoms with Gasteiger partial charge >= 0.3 is 0 Å². The van der Waals surface area contributed by atoms with Gasteiger partial charge in [0.25, 0.3) is 0 Å². The van der Waals surface area contributed by atoms with E-state index in [0.29, 0.717) is 11.8 Å². The average molecular weight is 254 g/mol. The smallest absolute Gasteiger partial charge is 0.159 e. The molecule has 1 aliphatic heterocycles. The van der Waals surface area contributed by atoms with E-state index in [4.69, 9.17) is 10.5 Å². The summed E-state index contributed by atoms with van der Waals surface area (Å²) in [5, 5.41) is 0.614. The predicted octanol–water partition coefficient (Wildman–Crippen LogP) is 3.45. The van der Waals surface area contributed by atoms with E-state index in [9.17, 15) is 0 Å². The fraction of sp³-hybridized carbons (Fsp3) is 0.462.